The van der Waals surface area contributed by atoms with Crippen molar-refractivity contribution in [2.45, 2.75) is 25.6 Å². The second-order valence-corrected chi connectivity index (χ2v) is 6.86. The minimum atomic E-state index is -4.60. The standard InChI is InChI=1S/C20H17F3N4O3/c1-11-3-5-14(18-24-10-30-26-18)15(7-11)25-19(28)27-16-6-4-13(29-2)8-12(16)9-17(27)20(21,22)23/h3-8,10,17H,9H2,1-2H3,(H,25,28). The first-order valence-electron chi connectivity index (χ1n) is 8.99. The Morgan fingerprint density at radius 3 is 2.73 bits per heavy atom. The van der Waals surface area contributed by atoms with Gasteiger partial charge in [0.1, 0.15) is 11.8 Å². The molecule has 30 heavy (non-hydrogen) atoms. The topological polar surface area (TPSA) is 80.5 Å². The molecule has 0 aliphatic carbocycles. The monoisotopic (exact) mass is 418 g/mol. The molecular weight excluding hydrogens is 401 g/mol. The minimum Gasteiger partial charge on any atom is -0.497 e. The number of alkyl halides is 3. The molecule has 1 aliphatic rings. The number of hydrogen-bond acceptors (Lipinski definition) is 5. The van der Waals surface area contributed by atoms with Gasteiger partial charge in [-0.05, 0) is 48.4 Å². The molecule has 7 nitrogen and oxygen atoms in total. The Balaban J connectivity index is 1.72. The lowest BCUT2D eigenvalue weighted by Crippen LogP contribution is -2.48. The van der Waals surface area contributed by atoms with Crippen LogP contribution in [0.2, 0.25) is 0 Å². The Kier molecular flexibility index (Phi) is 4.84. The van der Waals surface area contributed by atoms with E-state index >= 15 is 0 Å². The fraction of sp³-hybridized carbons (Fsp3) is 0.250. The van der Waals surface area contributed by atoms with Crippen LogP contribution in [0.4, 0.5) is 29.3 Å². The number of halogens is 3. The van der Waals surface area contributed by atoms with Crippen LogP contribution in [0.3, 0.4) is 0 Å². The van der Waals surface area contributed by atoms with Crippen molar-refractivity contribution in [2.75, 3.05) is 17.3 Å². The molecule has 1 aromatic heterocycles. The Morgan fingerprint density at radius 2 is 2.07 bits per heavy atom. The number of nitrogens with zero attached hydrogens (tertiary/aromatic N) is 3. The van der Waals surface area contributed by atoms with Crippen molar-refractivity contribution in [1.29, 1.82) is 0 Å². The normalized spacial score (nSPS) is 15.8. The molecule has 10 heteroatoms. The Bertz CT molecular complexity index is 1080. The highest BCUT2D eigenvalue weighted by Gasteiger charge is 2.50. The molecule has 1 atom stereocenters. The van der Waals surface area contributed by atoms with Crippen LogP contribution in [0, 0.1) is 6.92 Å². The van der Waals surface area contributed by atoms with Crippen LogP contribution in [0.1, 0.15) is 11.1 Å². The quantitative estimate of drug-likeness (QED) is 0.674. The van der Waals surface area contributed by atoms with Gasteiger partial charge in [0, 0.05) is 17.7 Å². The van der Waals surface area contributed by atoms with Gasteiger partial charge in [0.2, 0.25) is 12.2 Å². The van der Waals surface area contributed by atoms with E-state index in [-0.39, 0.29) is 23.6 Å². The first-order valence-corrected chi connectivity index (χ1v) is 8.99. The molecule has 3 aromatic rings. The van der Waals surface area contributed by atoms with Crippen LogP contribution in [0.15, 0.2) is 47.3 Å². The summed E-state index contributed by atoms with van der Waals surface area (Å²) in [4.78, 5) is 17.7. The van der Waals surface area contributed by atoms with Crippen molar-refractivity contribution in [1.82, 2.24) is 10.1 Å². The second-order valence-electron chi connectivity index (χ2n) is 6.86. The van der Waals surface area contributed by atoms with Crippen molar-refractivity contribution in [3.63, 3.8) is 0 Å². The predicted octanol–water partition coefficient (Wildman–Crippen LogP) is 4.58. The molecule has 2 heterocycles. The van der Waals surface area contributed by atoms with Gasteiger partial charge < -0.3 is 14.6 Å². The van der Waals surface area contributed by atoms with Gasteiger partial charge in [0.25, 0.3) is 0 Å². The molecule has 1 aliphatic heterocycles. The number of urea groups is 1. The van der Waals surface area contributed by atoms with Crippen LogP contribution >= 0.6 is 0 Å². The lowest BCUT2D eigenvalue weighted by molar-refractivity contribution is -0.145. The van der Waals surface area contributed by atoms with Crippen LogP contribution in [0.25, 0.3) is 11.4 Å². The van der Waals surface area contributed by atoms with E-state index in [9.17, 15) is 18.0 Å². The Morgan fingerprint density at radius 1 is 1.27 bits per heavy atom. The summed E-state index contributed by atoms with van der Waals surface area (Å²) in [6.07, 6.45) is -3.83. The highest BCUT2D eigenvalue weighted by atomic mass is 19.4. The van der Waals surface area contributed by atoms with Crippen LogP contribution in [-0.2, 0) is 6.42 Å². The molecule has 156 valence electrons. The number of carbonyl (C=O) groups excluding carboxylic acids is 1. The largest absolute Gasteiger partial charge is 0.497 e. The van der Waals surface area contributed by atoms with E-state index in [1.54, 1.807) is 25.1 Å². The SMILES string of the molecule is COc1ccc2c(c1)CC(C(F)(F)F)N2C(=O)Nc1cc(C)ccc1-c1ncon1. The number of nitrogens with one attached hydrogen (secondary N) is 1. The number of anilines is 2. The number of fused-ring (bicyclic) bond motifs is 1. The molecule has 0 saturated carbocycles. The van der Waals surface area contributed by atoms with E-state index in [4.69, 9.17) is 9.26 Å². The first kappa shape index (κ1) is 19.7. The number of aromatic nitrogens is 2. The van der Waals surface area contributed by atoms with E-state index in [0.717, 1.165) is 16.9 Å². The fourth-order valence-electron chi connectivity index (χ4n) is 3.49. The molecule has 0 saturated heterocycles. The summed E-state index contributed by atoms with van der Waals surface area (Å²) >= 11 is 0. The van der Waals surface area contributed by atoms with E-state index in [0.29, 0.717) is 16.9 Å². The summed E-state index contributed by atoms with van der Waals surface area (Å²) in [7, 11) is 1.43. The lowest BCUT2D eigenvalue weighted by Gasteiger charge is -2.27. The van der Waals surface area contributed by atoms with Gasteiger partial charge >= 0.3 is 12.2 Å². The van der Waals surface area contributed by atoms with Crippen molar-refractivity contribution in [3.05, 3.63) is 53.9 Å². The molecule has 1 N–H and O–H groups in total. The smallest absolute Gasteiger partial charge is 0.409 e. The van der Waals surface area contributed by atoms with E-state index in [1.807, 2.05) is 0 Å². The summed E-state index contributed by atoms with van der Waals surface area (Å²) in [5.74, 6) is 0.638. The number of methoxy groups -OCH3 is 1. The maximum Gasteiger partial charge on any atom is 0.409 e. The minimum absolute atomic E-state index is 0.185. The number of ether oxygens (including phenoxy) is 1. The van der Waals surface area contributed by atoms with Gasteiger partial charge in [-0.1, -0.05) is 11.2 Å². The average Bonchev–Trinajstić information content (AvgIpc) is 3.35. The molecule has 2 aromatic carbocycles. The zero-order chi connectivity index (χ0) is 21.5. The molecule has 1 unspecified atom stereocenters. The summed E-state index contributed by atoms with van der Waals surface area (Å²) in [5.41, 5.74) is 2.08. The molecule has 0 fully saturated rings. The van der Waals surface area contributed by atoms with Gasteiger partial charge in [0.05, 0.1) is 12.8 Å². The molecular formula is C20H17F3N4O3. The number of amides is 2. The molecule has 4 rings (SSSR count). The van der Waals surface area contributed by atoms with Crippen molar-refractivity contribution >= 4 is 17.4 Å². The number of rotatable bonds is 3. The summed E-state index contributed by atoms with van der Waals surface area (Å²) < 4.78 is 51.1. The first-order chi connectivity index (χ1) is 14.3. The van der Waals surface area contributed by atoms with Crippen molar-refractivity contribution in [2.24, 2.45) is 0 Å². The van der Waals surface area contributed by atoms with Gasteiger partial charge in [-0.2, -0.15) is 18.2 Å². The van der Waals surface area contributed by atoms with Crippen LogP contribution < -0.4 is 15.0 Å². The van der Waals surface area contributed by atoms with Crippen molar-refractivity contribution in [3.8, 4) is 17.1 Å². The van der Waals surface area contributed by atoms with Gasteiger partial charge in [-0.3, -0.25) is 4.90 Å². The highest BCUT2D eigenvalue weighted by Crippen LogP contribution is 2.41. The predicted molar refractivity (Wildman–Crippen MR) is 103 cm³/mol. The summed E-state index contributed by atoms with van der Waals surface area (Å²) in [6.45, 7) is 1.80. The fourth-order valence-corrected chi connectivity index (χ4v) is 3.49. The molecule has 0 spiro atoms. The van der Waals surface area contributed by atoms with Gasteiger partial charge in [-0.15, -0.1) is 0 Å². The zero-order valence-corrected chi connectivity index (χ0v) is 16.0. The van der Waals surface area contributed by atoms with E-state index < -0.39 is 18.2 Å². The van der Waals surface area contributed by atoms with Crippen LogP contribution in [-0.4, -0.2) is 35.5 Å². The Hall–Kier alpha value is -3.56. The van der Waals surface area contributed by atoms with E-state index in [2.05, 4.69) is 15.5 Å². The molecule has 0 radical (unpaired) electrons. The number of aryl methyl sites for hydroxylation is 1. The Labute approximate surface area is 169 Å². The average molecular weight is 418 g/mol. The van der Waals surface area contributed by atoms with Gasteiger partial charge in [0.15, 0.2) is 0 Å². The molecule has 0 bridgehead atoms. The molecule has 2 amide bonds. The van der Waals surface area contributed by atoms with Gasteiger partial charge in [-0.25, -0.2) is 4.79 Å². The number of hydrogen-bond donors (Lipinski definition) is 1. The number of carbonyl (C=O) groups is 1. The maximum absolute atomic E-state index is 13.7. The van der Waals surface area contributed by atoms with Crippen LogP contribution in [0.5, 0.6) is 5.75 Å². The van der Waals surface area contributed by atoms with E-state index in [1.165, 1.54) is 25.3 Å². The zero-order valence-electron chi connectivity index (χ0n) is 16.0. The lowest BCUT2D eigenvalue weighted by atomic mass is 10.1. The summed E-state index contributed by atoms with van der Waals surface area (Å²) in [5, 5.41) is 6.33. The van der Waals surface area contributed by atoms with Crippen molar-refractivity contribution < 1.29 is 27.2 Å². The second kappa shape index (κ2) is 7.36. The number of benzene rings is 2. The highest BCUT2D eigenvalue weighted by molar-refractivity contribution is 6.05. The maximum atomic E-state index is 13.7. The third-order valence-corrected chi connectivity index (χ3v) is 4.89. The summed E-state index contributed by atoms with van der Waals surface area (Å²) in [6, 6.07) is 6.67. The third-order valence-electron chi connectivity index (χ3n) is 4.89. The third kappa shape index (κ3) is 3.56.